The first-order valence-electron chi connectivity index (χ1n) is 33.2. The fraction of sp³-hybridized carbons (Fsp3) is 0.157. The molecule has 74 heavy (non-hydrogen) atoms. The van der Waals surface area contributed by atoms with Gasteiger partial charge in [0.05, 0.1) is 48.7 Å². The number of hydrogen-bond acceptors (Lipinski definition) is 3. The molecule has 0 N–H and O–H groups in total. The van der Waals surface area contributed by atoms with Crippen molar-refractivity contribution in [2.24, 2.45) is 0 Å². The van der Waals surface area contributed by atoms with Crippen LogP contribution in [-0.2, 0) is 11.8 Å². The van der Waals surface area contributed by atoms with Crippen LogP contribution in [0.15, 0.2) is 206 Å². The van der Waals surface area contributed by atoms with Crippen LogP contribution in [0.5, 0.6) is 0 Å². The van der Waals surface area contributed by atoms with Crippen LogP contribution >= 0.6 is 0 Å². The largest absolute Gasteiger partial charge is 0.321 e. The Balaban J connectivity index is 1.16. The Bertz CT molecular complexity index is 4760. The number of hydrogen-bond donors (Lipinski definition) is 0. The Morgan fingerprint density at radius 1 is 0.514 bits per heavy atom. The van der Waals surface area contributed by atoms with Gasteiger partial charge in [0.2, 0.25) is 0 Å². The molecule has 0 saturated carbocycles. The fourth-order valence-electron chi connectivity index (χ4n) is 11.1. The summed E-state index contributed by atoms with van der Waals surface area (Å²) in [6.07, 6.45) is -0.406. The number of aromatic nitrogens is 2. The molecule has 0 fully saturated rings. The zero-order valence-corrected chi connectivity index (χ0v) is 42.5. The molecule has 4 nitrogen and oxygen atoms in total. The maximum absolute atomic E-state index is 10.4. The lowest BCUT2D eigenvalue weighted by Gasteiger charge is -2.31. The number of aryl methyl sites for hydroxylation is 3. The molecule has 1 aliphatic heterocycles. The van der Waals surface area contributed by atoms with Crippen molar-refractivity contribution in [2.75, 3.05) is 16.5 Å². The molecule has 0 amide bonds. The van der Waals surface area contributed by atoms with Gasteiger partial charge in [-0.05, 0) is 167 Å². The minimum atomic E-state index is -2.21. The molecule has 12 rings (SSSR count). The number of para-hydroxylation sites is 3. The number of rotatable bonds is 9. The number of benzene rings is 9. The van der Waals surface area contributed by atoms with E-state index >= 15 is 0 Å². The van der Waals surface area contributed by atoms with Crippen molar-refractivity contribution in [3.05, 3.63) is 251 Å². The van der Waals surface area contributed by atoms with Crippen molar-refractivity contribution in [3.63, 3.8) is 0 Å². The van der Waals surface area contributed by atoms with Gasteiger partial charge in [0.1, 0.15) is 12.5 Å². The van der Waals surface area contributed by atoms with Gasteiger partial charge in [0.25, 0.3) is 0 Å². The third-order valence-electron chi connectivity index (χ3n) is 14.2. The lowest BCUT2D eigenvalue weighted by atomic mass is 9.82. The molecule has 0 saturated heterocycles. The Labute approximate surface area is 460 Å². The van der Waals surface area contributed by atoms with Crippen LogP contribution in [0.2, 0.25) is 0 Å². The van der Waals surface area contributed by atoms with Crippen LogP contribution in [0.3, 0.4) is 0 Å². The molecule has 11 aromatic rings. The van der Waals surface area contributed by atoms with Gasteiger partial charge in [-0.3, -0.25) is 4.57 Å². The molecule has 0 atom stereocenters. The maximum Gasteiger partial charge on any atom is 0.137 e. The van der Waals surface area contributed by atoms with E-state index in [-0.39, 0.29) is 62.3 Å². The van der Waals surface area contributed by atoms with Gasteiger partial charge in [0, 0.05) is 36.5 Å². The highest BCUT2D eigenvalue weighted by Crippen LogP contribution is 2.54. The van der Waals surface area contributed by atoms with E-state index < -0.39 is 97.0 Å². The number of pyridine rings is 1. The molecule has 9 aromatic carbocycles. The SMILES string of the molecule is [2H]c1c([2H])c([2H])c(-c2c(C)c(-c3c([2H])c([2H])c([2H])c([2H])c3[2H])c(N3CN(c4cc(-c5c(C)cc(C)cc5C)cc(C([2H])([2H])c5ccc6c7ccccc7n(-c7cc(C(C)(C)C)ccn7)c6c5)c4)c4ccccc43)c(-c3c([2H])c([2H])c([2H])c([2H])c3[2H])c2C)c([2H])c1[2H]. The summed E-state index contributed by atoms with van der Waals surface area (Å²) in [5.41, 5.74) is 8.03. The maximum atomic E-state index is 10.4. The smallest absolute Gasteiger partial charge is 0.137 e. The molecular weight excluding hydrogens is 897 g/mol. The average Bonchev–Trinajstić information content (AvgIpc) is 1.65. The van der Waals surface area contributed by atoms with Crippen LogP contribution in [0, 0.1) is 34.6 Å². The molecule has 1 aliphatic rings. The van der Waals surface area contributed by atoms with Crippen LogP contribution in [0.1, 0.15) is 88.6 Å². The van der Waals surface area contributed by atoms with E-state index in [4.69, 9.17) is 17.3 Å². The summed E-state index contributed by atoms with van der Waals surface area (Å²) in [6, 6.07) is 24.5. The number of nitrogens with zero attached hydrogens (tertiary/aromatic N) is 4. The Morgan fingerprint density at radius 3 is 1.70 bits per heavy atom. The van der Waals surface area contributed by atoms with Gasteiger partial charge in [-0.25, -0.2) is 4.98 Å². The van der Waals surface area contributed by atoms with E-state index in [1.54, 1.807) is 43.1 Å². The van der Waals surface area contributed by atoms with Crippen LogP contribution in [0.25, 0.3) is 72.1 Å². The van der Waals surface area contributed by atoms with E-state index in [9.17, 15) is 11.0 Å². The third-order valence-corrected chi connectivity index (χ3v) is 14.2. The molecule has 2 aromatic heterocycles. The highest BCUT2D eigenvalue weighted by atomic mass is 15.4. The molecule has 4 heteroatoms. The van der Waals surface area contributed by atoms with Crippen molar-refractivity contribution in [3.8, 4) is 50.3 Å². The van der Waals surface area contributed by atoms with Gasteiger partial charge < -0.3 is 9.80 Å². The third kappa shape index (κ3) is 8.15. The summed E-state index contributed by atoms with van der Waals surface area (Å²) in [5, 5.41) is 1.88. The quantitative estimate of drug-likeness (QED) is 0.144. The first kappa shape index (κ1) is 31.2. The second-order valence-electron chi connectivity index (χ2n) is 20.1. The highest BCUT2D eigenvalue weighted by molar-refractivity contribution is 6.09. The van der Waals surface area contributed by atoms with Crippen molar-refractivity contribution in [1.82, 2.24) is 9.55 Å². The highest BCUT2D eigenvalue weighted by Gasteiger charge is 2.34. The molecule has 362 valence electrons. The van der Waals surface area contributed by atoms with Gasteiger partial charge in [-0.15, -0.1) is 0 Å². The van der Waals surface area contributed by atoms with E-state index in [0.29, 0.717) is 39.6 Å². The van der Waals surface area contributed by atoms with Crippen molar-refractivity contribution in [2.45, 2.75) is 67.2 Å². The van der Waals surface area contributed by atoms with E-state index in [1.165, 1.54) is 0 Å². The lowest BCUT2D eigenvalue weighted by Crippen LogP contribution is -2.25. The van der Waals surface area contributed by atoms with Gasteiger partial charge >= 0.3 is 0 Å². The zero-order chi connectivity index (χ0) is 65.7. The summed E-state index contributed by atoms with van der Waals surface area (Å²) in [4.78, 5) is 8.59. The summed E-state index contributed by atoms with van der Waals surface area (Å²) in [7, 11) is 0. The Morgan fingerprint density at radius 2 is 1.08 bits per heavy atom. The first-order chi connectivity index (χ1) is 42.9. The first-order valence-corrected chi connectivity index (χ1v) is 24.7. The predicted molar refractivity (Wildman–Crippen MR) is 314 cm³/mol. The molecule has 3 heterocycles. The van der Waals surface area contributed by atoms with Crippen molar-refractivity contribution >= 4 is 44.6 Å². The minimum Gasteiger partial charge on any atom is -0.321 e. The van der Waals surface area contributed by atoms with Crippen LogP contribution in [-0.4, -0.2) is 16.2 Å². The minimum absolute atomic E-state index is 0.0151. The summed E-state index contributed by atoms with van der Waals surface area (Å²) >= 11 is 0. The number of fused-ring (bicyclic) bond motifs is 4. The summed E-state index contributed by atoms with van der Waals surface area (Å²) < 4.78 is 160. The second-order valence-corrected chi connectivity index (χ2v) is 20.1. The van der Waals surface area contributed by atoms with E-state index in [2.05, 4.69) is 43.5 Å². The van der Waals surface area contributed by atoms with E-state index in [1.807, 2.05) is 98.5 Å². The monoisotopic (exact) mass is 976 g/mol. The topological polar surface area (TPSA) is 24.3 Å². The Hall–Kier alpha value is -8.47. The van der Waals surface area contributed by atoms with Gasteiger partial charge in [-0.1, -0.05) is 178 Å². The molecule has 0 spiro atoms. The molecular formula is C70H62N4. The molecule has 0 bridgehead atoms. The predicted octanol–water partition coefficient (Wildman–Crippen LogP) is 18.5. The molecule has 0 unspecified atom stereocenters. The van der Waals surface area contributed by atoms with Crippen LogP contribution in [0.4, 0.5) is 22.7 Å². The van der Waals surface area contributed by atoms with Gasteiger partial charge in [0.15, 0.2) is 0 Å². The van der Waals surface area contributed by atoms with Crippen molar-refractivity contribution in [1.29, 1.82) is 0 Å². The molecule has 0 aliphatic carbocycles. The summed E-state index contributed by atoms with van der Waals surface area (Å²) in [6.45, 7) is 15.4. The van der Waals surface area contributed by atoms with E-state index in [0.717, 1.165) is 49.6 Å². The van der Waals surface area contributed by atoms with Gasteiger partial charge in [-0.2, -0.15) is 0 Å². The standard InChI is InChI=1S/C70H62N4/c1-45-36-46(2)65(47(3)37-45)55-39-51(38-50-32-33-59-58-28-18-19-29-60(58)74(63(59)41-50)64-43-56(34-35-71-64)70(6,7)8)40-57(42-55)72-44-73(62-31-21-20-30-61(62)72)69-67(53-24-14-10-15-25-53)48(4)66(52-22-12-9-13-23-52)49(5)68(69)54-26-16-11-17-27-54/h9-37,39-43H,38,44H2,1-8H3/i9D,10D,11D,12D,13D,14D,15D,16D,17D,22D,23D,24D,25D,26D,27D,38D2. The van der Waals surface area contributed by atoms with Crippen LogP contribution < -0.4 is 9.80 Å². The van der Waals surface area contributed by atoms with Crippen molar-refractivity contribution < 1.29 is 23.3 Å². The number of anilines is 4. The Kier molecular flexibility index (Phi) is 7.81. The second kappa shape index (κ2) is 18.5. The summed E-state index contributed by atoms with van der Waals surface area (Å²) in [5.74, 6) is 0.682. The normalized spacial score (nSPS) is 16.0. The fourth-order valence-corrected chi connectivity index (χ4v) is 11.1. The zero-order valence-electron chi connectivity index (χ0n) is 59.5. The average molecular weight is 976 g/mol. The lowest BCUT2D eigenvalue weighted by molar-refractivity contribution is 0.588. The molecule has 0 radical (unpaired) electrons.